The molecule has 0 saturated carbocycles. The molecule has 0 atom stereocenters. The Bertz CT molecular complexity index is 826. The third-order valence-electron chi connectivity index (χ3n) is 2.84. The fourth-order valence-electron chi connectivity index (χ4n) is 1.74. The molecule has 0 bridgehead atoms. The average Bonchev–Trinajstić information content (AvgIpc) is 2.46. The molecule has 0 heterocycles. The lowest BCUT2D eigenvalue weighted by Gasteiger charge is -2.09. The second-order valence-electron chi connectivity index (χ2n) is 4.60. The van der Waals surface area contributed by atoms with E-state index in [0.717, 1.165) is 0 Å². The second kappa shape index (κ2) is 7.07. The van der Waals surface area contributed by atoms with Crippen LogP contribution in [0.3, 0.4) is 0 Å². The highest BCUT2D eigenvalue weighted by Gasteiger charge is 2.09. The first kappa shape index (κ1) is 17.4. The lowest BCUT2D eigenvalue weighted by Crippen LogP contribution is -2.22. The largest absolute Gasteiger partial charge is 0.374 e. The summed E-state index contributed by atoms with van der Waals surface area (Å²) in [7, 11) is -3.77. The van der Waals surface area contributed by atoms with E-state index in [-0.39, 0.29) is 17.1 Å². The summed E-state index contributed by atoms with van der Waals surface area (Å²) in [6.45, 7) is -0.143. The summed E-state index contributed by atoms with van der Waals surface area (Å²) in [5.41, 5.74) is 0.605. The van der Waals surface area contributed by atoms with Crippen molar-refractivity contribution in [2.45, 2.75) is 4.90 Å². The molecule has 0 aliphatic heterocycles. The minimum Gasteiger partial charge on any atom is -0.374 e. The molecule has 23 heavy (non-hydrogen) atoms. The minimum atomic E-state index is -3.77. The first-order valence-corrected chi connectivity index (χ1v) is 8.71. The molecule has 9 heteroatoms. The third kappa shape index (κ3) is 5.02. The molecule has 0 aliphatic carbocycles. The number of sulfonamides is 1. The second-order valence-corrected chi connectivity index (χ2v) is 7.07. The molecule has 1 amide bonds. The van der Waals surface area contributed by atoms with Crippen molar-refractivity contribution in [3.05, 3.63) is 52.8 Å². The number of carbonyl (C=O) groups is 1. The van der Waals surface area contributed by atoms with Crippen LogP contribution < -0.4 is 15.8 Å². The van der Waals surface area contributed by atoms with Crippen molar-refractivity contribution >= 4 is 43.2 Å². The number of primary sulfonamides is 1. The van der Waals surface area contributed by atoms with Crippen molar-refractivity contribution < 1.29 is 17.6 Å². The molecule has 4 N–H and O–H groups in total. The zero-order chi connectivity index (χ0) is 17.0. The Morgan fingerprint density at radius 2 is 1.83 bits per heavy atom. The van der Waals surface area contributed by atoms with Gasteiger partial charge in [0.25, 0.3) is 0 Å². The number of amides is 1. The van der Waals surface area contributed by atoms with Crippen LogP contribution in [0.4, 0.5) is 15.8 Å². The van der Waals surface area contributed by atoms with E-state index in [2.05, 4.69) is 26.6 Å². The standard InChI is InChI=1S/C14H13BrFN3O3S/c15-9-1-6-13(12(16)7-9)18-8-14(20)19-10-2-4-11(5-3-10)23(17,21)22/h1-7,18H,8H2,(H,19,20)(H2,17,21,22). The molecule has 0 aromatic heterocycles. The number of hydrogen-bond donors (Lipinski definition) is 3. The quantitative estimate of drug-likeness (QED) is 0.714. The molecule has 0 unspecified atom stereocenters. The maximum absolute atomic E-state index is 13.6. The summed E-state index contributed by atoms with van der Waals surface area (Å²) in [5.74, 6) is -0.889. The van der Waals surface area contributed by atoms with Gasteiger partial charge in [-0.05, 0) is 42.5 Å². The summed E-state index contributed by atoms with van der Waals surface area (Å²) in [6.07, 6.45) is 0. The minimum absolute atomic E-state index is 0.0504. The Hall–Kier alpha value is -1.97. The zero-order valence-corrected chi connectivity index (χ0v) is 14.1. The van der Waals surface area contributed by atoms with Crippen LogP contribution >= 0.6 is 15.9 Å². The van der Waals surface area contributed by atoms with Crippen molar-refractivity contribution in [1.29, 1.82) is 0 Å². The number of carbonyl (C=O) groups excluding carboxylic acids is 1. The van der Waals surface area contributed by atoms with Crippen LogP contribution in [-0.4, -0.2) is 20.9 Å². The van der Waals surface area contributed by atoms with Gasteiger partial charge in [0.15, 0.2) is 0 Å². The number of nitrogens with two attached hydrogens (primary N) is 1. The molecule has 2 aromatic carbocycles. The van der Waals surface area contributed by atoms with Gasteiger partial charge in [0.1, 0.15) is 5.82 Å². The number of nitrogens with one attached hydrogen (secondary N) is 2. The van der Waals surface area contributed by atoms with Crippen molar-refractivity contribution in [1.82, 2.24) is 0 Å². The number of halogens is 2. The number of rotatable bonds is 5. The topological polar surface area (TPSA) is 101 Å². The summed E-state index contributed by atoms with van der Waals surface area (Å²) in [6, 6.07) is 9.84. The molecular formula is C14H13BrFN3O3S. The van der Waals surface area contributed by atoms with E-state index in [1.807, 2.05) is 0 Å². The summed E-state index contributed by atoms with van der Waals surface area (Å²) in [5, 5.41) is 10.2. The Labute approximate surface area is 141 Å². The van der Waals surface area contributed by atoms with Gasteiger partial charge in [-0.25, -0.2) is 17.9 Å². The summed E-state index contributed by atoms with van der Waals surface area (Å²) < 4.78 is 36.4. The highest BCUT2D eigenvalue weighted by atomic mass is 79.9. The number of benzene rings is 2. The van der Waals surface area contributed by atoms with Gasteiger partial charge >= 0.3 is 0 Å². The SMILES string of the molecule is NS(=O)(=O)c1ccc(NC(=O)CNc2ccc(Br)cc2F)cc1. The van der Waals surface area contributed by atoms with Gasteiger partial charge in [-0.3, -0.25) is 4.79 Å². The van der Waals surface area contributed by atoms with E-state index in [1.165, 1.54) is 36.4 Å². The van der Waals surface area contributed by atoms with Gasteiger partial charge in [0.05, 0.1) is 17.1 Å². The van der Waals surface area contributed by atoms with Crippen LogP contribution in [-0.2, 0) is 14.8 Å². The van der Waals surface area contributed by atoms with Gasteiger partial charge in [-0.2, -0.15) is 0 Å². The van der Waals surface area contributed by atoms with Crippen LogP contribution in [0.2, 0.25) is 0 Å². The molecule has 2 rings (SSSR count). The van der Waals surface area contributed by atoms with Crippen LogP contribution in [0.25, 0.3) is 0 Å². The monoisotopic (exact) mass is 401 g/mol. The van der Waals surface area contributed by atoms with E-state index in [4.69, 9.17) is 5.14 Å². The molecule has 0 spiro atoms. The molecule has 0 radical (unpaired) electrons. The van der Waals surface area contributed by atoms with Crippen molar-refractivity contribution in [2.24, 2.45) is 5.14 Å². The van der Waals surface area contributed by atoms with E-state index in [9.17, 15) is 17.6 Å². The Morgan fingerprint density at radius 3 is 2.39 bits per heavy atom. The fraction of sp³-hybridized carbons (Fsp3) is 0.0714. The third-order valence-corrected chi connectivity index (χ3v) is 4.26. The highest BCUT2D eigenvalue weighted by molar-refractivity contribution is 9.10. The maximum atomic E-state index is 13.6. The Balaban J connectivity index is 1.94. The van der Waals surface area contributed by atoms with Gasteiger partial charge in [0, 0.05) is 10.2 Å². The van der Waals surface area contributed by atoms with E-state index < -0.39 is 21.7 Å². The molecule has 6 nitrogen and oxygen atoms in total. The maximum Gasteiger partial charge on any atom is 0.243 e. The number of hydrogen-bond acceptors (Lipinski definition) is 4. The van der Waals surface area contributed by atoms with Gasteiger partial charge in [-0.1, -0.05) is 15.9 Å². The molecule has 2 aromatic rings. The van der Waals surface area contributed by atoms with Crippen LogP contribution in [0.15, 0.2) is 51.8 Å². The van der Waals surface area contributed by atoms with Crippen molar-refractivity contribution in [3.8, 4) is 0 Å². The molecular weight excluding hydrogens is 389 g/mol. The smallest absolute Gasteiger partial charge is 0.243 e. The predicted octanol–water partition coefficient (Wildman–Crippen LogP) is 2.29. The van der Waals surface area contributed by atoms with Crippen LogP contribution in [0.5, 0.6) is 0 Å². The molecule has 0 saturated heterocycles. The molecule has 0 aliphatic rings. The Morgan fingerprint density at radius 1 is 1.17 bits per heavy atom. The first-order chi connectivity index (χ1) is 10.8. The lowest BCUT2D eigenvalue weighted by molar-refractivity contribution is -0.114. The summed E-state index contributed by atoms with van der Waals surface area (Å²) in [4.78, 5) is 11.7. The first-order valence-electron chi connectivity index (χ1n) is 6.37. The lowest BCUT2D eigenvalue weighted by atomic mass is 10.3. The van der Waals surface area contributed by atoms with Crippen molar-refractivity contribution in [3.63, 3.8) is 0 Å². The van der Waals surface area contributed by atoms with Gasteiger partial charge < -0.3 is 10.6 Å². The van der Waals surface area contributed by atoms with Crippen LogP contribution in [0.1, 0.15) is 0 Å². The molecule has 122 valence electrons. The normalized spacial score (nSPS) is 11.1. The van der Waals surface area contributed by atoms with Gasteiger partial charge in [0.2, 0.25) is 15.9 Å². The highest BCUT2D eigenvalue weighted by Crippen LogP contribution is 2.19. The number of anilines is 2. The van der Waals surface area contributed by atoms with E-state index in [1.54, 1.807) is 6.07 Å². The molecule has 0 fully saturated rings. The fourth-order valence-corrected chi connectivity index (χ4v) is 2.59. The Kier molecular flexibility index (Phi) is 5.34. The average molecular weight is 402 g/mol. The van der Waals surface area contributed by atoms with E-state index >= 15 is 0 Å². The summed E-state index contributed by atoms with van der Waals surface area (Å²) >= 11 is 3.14. The van der Waals surface area contributed by atoms with Crippen LogP contribution in [0, 0.1) is 5.82 Å². The van der Waals surface area contributed by atoms with Gasteiger partial charge in [-0.15, -0.1) is 0 Å². The van der Waals surface area contributed by atoms with Crippen molar-refractivity contribution in [2.75, 3.05) is 17.2 Å². The van der Waals surface area contributed by atoms with E-state index in [0.29, 0.717) is 10.2 Å². The predicted molar refractivity (Wildman–Crippen MR) is 89.0 cm³/mol. The zero-order valence-electron chi connectivity index (χ0n) is 11.7.